The summed E-state index contributed by atoms with van der Waals surface area (Å²) in [6.45, 7) is 8.57. The van der Waals surface area contributed by atoms with E-state index in [4.69, 9.17) is 9.47 Å². The number of hydrogen-bond donors (Lipinski definition) is 0. The number of carbonyl (C=O) groups excluding carboxylic acids is 2. The Morgan fingerprint density at radius 2 is 0.717 bits per heavy atom. The molecule has 0 aliphatic carbocycles. The summed E-state index contributed by atoms with van der Waals surface area (Å²) in [5.41, 5.74) is 0. The lowest BCUT2D eigenvalue weighted by Gasteiger charge is -2.22. The number of ether oxygens (including phenoxy) is 2. The fourth-order valence-electron chi connectivity index (χ4n) is 6.21. The standard InChI is InChI=1S/C43H86N2O4S4/c1-5-7-9-11-13-15-17-19-21-23-25-27-38-50-52-40-36-48-42(46)30-34-45(33-29-32-44(3)4)35-31-43(47)49-37-41-53-51-39-28-26-24-22-20-18-16-14-12-10-8-6-2/h5-41H2,1-4H3. The van der Waals surface area contributed by atoms with Gasteiger partial charge in [0.15, 0.2) is 0 Å². The molecule has 0 bridgehead atoms. The Kier molecular flexibility index (Phi) is 45.2. The largest absolute Gasteiger partial charge is 0.465 e. The van der Waals surface area contributed by atoms with E-state index in [0.29, 0.717) is 39.1 Å². The monoisotopic (exact) mass is 823 g/mol. The molecule has 0 N–H and O–H groups in total. The first-order chi connectivity index (χ1) is 26.0. The maximum Gasteiger partial charge on any atom is 0.307 e. The van der Waals surface area contributed by atoms with Crippen molar-refractivity contribution in [2.75, 3.05) is 76.5 Å². The zero-order valence-electron chi connectivity index (χ0n) is 35.3. The molecule has 0 aromatic heterocycles. The van der Waals surface area contributed by atoms with E-state index in [1.165, 1.54) is 166 Å². The highest BCUT2D eigenvalue weighted by Crippen LogP contribution is 2.24. The Balaban J connectivity index is 3.79. The lowest BCUT2D eigenvalue weighted by Crippen LogP contribution is -2.32. The van der Waals surface area contributed by atoms with Gasteiger partial charge in [-0.15, -0.1) is 0 Å². The smallest absolute Gasteiger partial charge is 0.307 e. The van der Waals surface area contributed by atoms with E-state index in [-0.39, 0.29) is 11.9 Å². The van der Waals surface area contributed by atoms with E-state index in [9.17, 15) is 9.59 Å². The summed E-state index contributed by atoms with van der Waals surface area (Å²) in [4.78, 5) is 29.3. The van der Waals surface area contributed by atoms with Gasteiger partial charge in [0, 0.05) is 36.1 Å². The molecule has 0 aromatic rings. The molecule has 0 saturated carbocycles. The molecule has 10 heteroatoms. The lowest BCUT2D eigenvalue weighted by molar-refractivity contribution is -0.143. The summed E-state index contributed by atoms with van der Waals surface area (Å²) in [5, 5.41) is 0. The Hall–Kier alpha value is 0.260. The SMILES string of the molecule is CCCCCCCCCCCCCCSSCCOC(=O)CCN(CCCN(C)C)CCC(=O)OCCSSCCCCCCCCCCCCCC. The summed E-state index contributed by atoms with van der Waals surface area (Å²) in [5.74, 6) is 3.74. The molecule has 0 rings (SSSR count). The topological polar surface area (TPSA) is 59.1 Å². The second-order valence-electron chi connectivity index (χ2n) is 15.0. The van der Waals surface area contributed by atoms with Crippen LogP contribution in [-0.2, 0) is 19.1 Å². The van der Waals surface area contributed by atoms with Gasteiger partial charge in [-0.05, 0) is 46.4 Å². The molecular weight excluding hydrogens is 737 g/mol. The molecule has 316 valence electrons. The van der Waals surface area contributed by atoms with E-state index in [1.54, 1.807) is 0 Å². The molecule has 0 fully saturated rings. The summed E-state index contributed by atoms with van der Waals surface area (Å²) >= 11 is 0. The zero-order valence-corrected chi connectivity index (χ0v) is 38.6. The molecule has 0 aromatic carbocycles. The van der Waals surface area contributed by atoms with Crippen LogP contribution in [0.15, 0.2) is 0 Å². The van der Waals surface area contributed by atoms with Gasteiger partial charge >= 0.3 is 11.9 Å². The van der Waals surface area contributed by atoms with E-state index >= 15 is 0 Å². The van der Waals surface area contributed by atoms with Crippen molar-refractivity contribution in [3.05, 3.63) is 0 Å². The van der Waals surface area contributed by atoms with Crippen molar-refractivity contribution in [3.8, 4) is 0 Å². The number of unbranched alkanes of at least 4 members (excludes halogenated alkanes) is 22. The summed E-state index contributed by atoms with van der Waals surface area (Å²) in [7, 11) is 11.6. The average Bonchev–Trinajstić information content (AvgIpc) is 3.14. The number of nitrogens with zero attached hydrogens (tertiary/aromatic N) is 2. The third-order valence-corrected chi connectivity index (χ3v) is 14.4. The minimum Gasteiger partial charge on any atom is -0.465 e. The van der Waals surface area contributed by atoms with Crippen LogP contribution in [0.1, 0.15) is 187 Å². The Labute approximate surface area is 345 Å². The van der Waals surface area contributed by atoms with Crippen molar-refractivity contribution in [3.63, 3.8) is 0 Å². The van der Waals surface area contributed by atoms with E-state index in [2.05, 4.69) is 37.7 Å². The van der Waals surface area contributed by atoms with Gasteiger partial charge in [-0.3, -0.25) is 9.59 Å². The first-order valence-corrected chi connectivity index (χ1v) is 27.1. The van der Waals surface area contributed by atoms with Crippen LogP contribution in [0.25, 0.3) is 0 Å². The molecule has 0 saturated heterocycles. The summed E-state index contributed by atoms with van der Waals surface area (Å²) in [6, 6.07) is 0. The van der Waals surface area contributed by atoms with Gasteiger partial charge in [0.05, 0.1) is 12.8 Å². The summed E-state index contributed by atoms with van der Waals surface area (Å²) < 4.78 is 11.0. The molecule has 0 atom stereocenters. The lowest BCUT2D eigenvalue weighted by atomic mass is 10.1. The molecule has 0 spiro atoms. The zero-order chi connectivity index (χ0) is 38.7. The first-order valence-electron chi connectivity index (χ1n) is 22.2. The van der Waals surface area contributed by atoms with Crippen LogP contribution < -0.4 is 0 Å². The molecule has 0 unspecified atom stereocenters. The van der Waals surface area contributed by atoms with Crippen molar-refractivity contribution in [1.29, 1.82) is 0 Å². The minimum atomic E-state index is -0.144. The Morgan fingerprint density at radius 1 is 0.396 bits per heavy atom. The van der Waals surface area contributed by atoms with E-state index in [1.807, 2.05) is 43.2 Å². The molecule has 0 radical (unpaired) electrons. The fourth-order valence-corrected chi connectivity index (χ4v) is 10.2. The van der Waals surface area contributed by atoms with Crippen LogP contribution in [0.4, 0.5) is 0 Å². The minimum absolute atomic E-state index is 0.144. The summed E-state index contributed by atoms with van der Waals surface area (Å²) in [6.07, 6.45) is 34.9. The maximum absolute atomic E-state index is 12.4. The molecule has 0 aliphatic heterocycles. The normalized spacial score (nSPS) is 11.6. The van der Waals surface area contributed by atoms with Crippen LogP contribution >= 0.6 is 43.2 Å². The number of rotatable bonds is 44. The van der Waals surface area contributed by atoms with Gasteiger partial charge in [0.1, 0.15) is 13.2 Å². The molecule has 0 amide bonds. The van der Waals surface area contributed by atoms with Crippen molar-refractivity contribution in [2.45, 2.75) is 187 Å². The fraction of sp³-hybridized carbons (Fsp3) is 0.953. The maximum atomic E-state index is 12.4. The predicted molar refractivity (Wildman–Crippen MR) is 243 cm³/mol. The van der Waals surface area contributed by atoms with Crippen LogP contribution in [0.3, 0.4) is 0 Å². The van der Waals surface area contributed by atoms with Crippen LogP contribution in [0.2, 0.25) is 0 Å². The van der Waals surface area contributed by atoms with Crippen LogP contribution in [-0.4, -0.2) is 98.2 Å². The quantitative estimate of drug-likeness (QED) is 0.0337. The highest BCUT2D eigenvalue weighted by Gasteiger charge is 2.13. The molecule has 0 heterocycles. The van der Waals surface area contributed by atoms with Gasteiger partial charge in [-0.25, -0.2) is 0 Å². The van der Waals surface area contributed by atoms with Crippen molar-refractivity contribution in [1.82, 2.24) is 9.80 Å². The van der Waals surface area contributed by atoms with E-state index < -0.39 is 0 Å². The van der Waals surface area contributed by atoms with Gasteiger partial charge in [0.25, 0.3) is 0 Å². The molecule has 53 heavy (non-hydrogen) atoms. The number of hydrogen-bond acceptors (Lipinski definition) is 10. The highest BCUT2D eigenvalue weighted by molar-refractivity contribution is 8.77. The Morgan fingerprint density at radius 3 is 1.06 bits per heavy atom. The third-order valence-electron chi connectivity index (χ3n) is 9.53. The number of esters is 2. The molecule has 6 nitrogen and oxygen atoms in total. The van der Waals surface area contributed by atoms with Crippen LogP contribution in [0, 0.1) is 0 Å². The van der Waals surface area contributed by atoms with Gasteiger partial charge < -0.3 is 19.3 Å². The van der Waals surface area contributed by atoms with Gasteiger partial charge in [-0.2, -0.15) is 0 Å². The highest BCUT2D eigenvalue weighted by atomic mass is 33.1. The second-order valence-corrected chi connectivity index (χ2v) is 20.4. The van der Waals surface area contributed by atoms with Crippen molar-refractivity contribution >= 4 is 55.1 Å². The second kappa shape index (κ2) is 45.0. The van der Waals surface area contributed by atoms with Crippen molar-refractivity contribution in [2.24, 2.45) is 0 Å². The van der Waals surface area contributed by atoms with E-state index in [0.717, 1.165) is 31.0 Å². The van der Waals surface area contributed by atoms with Gasteiger partial charge in [-0.1, -0.05) is 198 Å². The van der Waals surface area contributed by atoms with Gasteiger partial charge in [0.2, 0.25) is 0 Å². The average molecular weight is 823 g/mol. The first kappa shape index (κ1) is 53.3. The predicted octanol–water partition coefficient (Wildman–Crippen LogP) is 13.3. The van der Waals surface area contributed by atoms with Crippen molar-refractivity contribution < 1.29 is 19.1 Å². The molecular formula is C43H86N2O4S4. The van der Waals surface area contributed by atoms with Crippen LogP contribution in [0.5, 0.6) is 0 Å². The third kappa shape index (κ3) is 44.8. The number of carbonyl (C=O) groups is 2. The molecule has 0 aliphatic rings. The Bertz CT molecular complexity index is 712.